The van der Waals surface area contributed by atoms with Crippen LogP contribution in [-0.4, -0.2) is 46.9 Å². The second-order valence-corrected chi connectivity index (χ2v) is 5.80. The van der Waals surface area contributed by atoms with Crippen LogP contribution < -0.4 is 10.2 Å². The Balaban J connectivity index is 1.63. The molecule has 9 heteroatoms. The Hall–Kier alpha value is -2.94. The van der Waals surface area contributed by atoms with Crippen LogP contribution in [-0.2, 0) is 16.1 Å². The molecule has 0 aliphatic carbocycles. The van der Waals surface area contributed by atoms with Crippen molar-refractivity contribution in [1.82, 2.24) is 9.78 Å². The van der Waals surface area contributed by atoms with E-state index >= 15 is 0 Å². The van der Waals surface area contributed by atoms with Crippen LogP contribution in [0, 0.1) is 17.0 Å². The van der Waals surface area contributed by atoms with Crippen LogP contribution in [0.3, 0.4) is 0 Å². The fraction of sp³-hybridized carbons (Fsp3) is 0.375. The predicted molar refractivity (Wildman–Crippen MR) is 91.7 cm³/mol. The Morgan fingerprint density at radius 2 is 2.16 bits per heavy atom. The monoisotopic (exact) mass is 345 g/mol. The highest BCUT2D eigenvalue weighted by atomic mass is 16.6. The number of carbonyl (C=O) groups is 1. The second kappa shape index (κ2) is 7.31. The molecule has 1 aliphatic rings. The SMILES string of the molecule is Cc1cc(N2CCOCC2)ccc1NC(=O)Cn1cc([N+](=O)[O-])cn1. The maximum atomic E-state index is 12.1. The van der Waals surface area contributed by atoms with Gasteiger partial charge in [-0.05, 0) is 30.7 Å². The third kappa shape index (κ3) is 4.13. The summed E-state index contributed by atoms with van der Waals surface area (Å²) in [5.74, 6) is -0.291. The first kappa shape index (κ1) is 16.9. The van der Waals surface area contributed by atoms with Gasteiger partial charge in [0.05, 0.1) is 18.1 Å². The number of carbonyl (C=O) groups excluding carboxylic acids is 1. The van der Waals surface area contributed by atoms with Gasteiger partial charge >= 0.3 is 5.69 Å². The molecule has 1 aromatic carbocycles. The van der Waals surface area contributed by atoms with Gasteiger partial charge in [-0.1, -0.05) is 0 Å². The first-order valence-corrected chi connectivity index (χ1v) is 7.93. The van der Waals surface area contributed by atoms with Crippen LogP contribution in [0.15, 0.2) is 30.6 Å². The molecular formula is C16H19N5O4. The summed E-state index contributed by atoms with van der Waals surface area (Å²) in [5.41, 5.74) is 2.62. The summed E-state index contributed by atoms with van der Waals surface area (Å²) in [6, 6.07) is 5.86. The Morgan fingerprint density at radius 3 is 2.80 bits per heavy atom. The van der Waals surface area contributed by atoms with Crippen molar-refractivity contribution in [2.45, 2.75) is 13.5 Å². The van der Waals surface area contributed by atoms with Crippen LogP contribution in [0.2, 0.25) is 0 Å². The van der Waals surface area contributed by atoms with Crippen molar-refractivity contribution >= 4 is 23.0 Å². The molecule has 0 radical (unpaired) electrons. The van der Waals surface area contributed by atoms with Crippen LogP contribution in [0.1, 0.15) is 5.56 Å². The number of benzene rings is 1. The maximum absolute atomic E-state index is 12.1. The Labute approximate surface area is 144 Å². The van der Waals surface area contributed by atoms with Gasteiger partial charge in [-0.3, -0.25) is 19.6 Å². The normalized spacial score (nSPS) is 14.4. The fourth-order valence-corrected chi connectivity index (χ4v) is 2.68. The molecule has 25 heavy (non-hydrogen) atoms. The van der Waals surface area contributed by atoms with E-state index in [-0.39, 0.29) is 18.1 Å². The van der Waals surface area contributed by atoms with Crippen molar-refractivity contribution in [3.05, 3.63) is 46.3 Å². The summed E-state index contributed by atoms with van der Waals surface area (Å²) in [4.78, 5) is 24.5. The number of aromatic nitrogens is 2. The first-order chi connectivity index (χ1) is 12.0. The largest absolute Gasteiger partial charge is 0.378 e. The van der Waals surface area contributed by atoms with E-state index in [1.54, 1.807) is 0 Å². The van der Waals surface area contributed by atoms with Crippen molar-refractivity contribution < 1.29 is 14.5 Å². The van der Waals surface area contributed by atoms with Crippen molar-refractivity contribution in [3.63, 3.8) is 0 Å². The highest BCUT2D eigenvalue weighted by Crippen LogP contribution is 2.23. The molecule has 1 N–H and O–H groups in total. The average molecular weight is 345 g/mol. The zero-order valence-electron chi connectivity index (χ0n) is 13.8. The summed E-state index contributed by atoms with van der Waals surface area (Å²) < 4.78 is 6.59. The molecule has 1 fully saturated rings. The molecule has 0 unspecified atom stereocenters. The average Bonchev–Trinajstić information content (AvgIpc) is 3.06. The number of ether oxygens (including phenoxy) is 1. The van der Waals surface area contributed by atoms with E-state index in [9.17, 15) is 14.9 Å². The van der Waals surface area contributed by atoms with Gasteiger partial charge in [0, 0.05) is 24.5 Å². The number of amides is 1. The lowest BCUT2D eigenvalue weighted by atomic mass is 10.1. The molecule has 9 nitrogen and oxygen atoms in total. The molecular weight excluding hydrogens is 326 g/mol. The molecule has 132 valence electrons. The standard InChI is InChI=1S/C16H19N5O4/c1-12-8-13(19-4-6-25-7-5-19)2-3-15(12)18-16(22)11-20-10-14(9-17-20)21(23)24/h2-3,8-10H,4-7,11H2,1H3,(H,18,22). The van der Waals surface area contributed by atoms with Crippen LogP contribution in [0.25, 0.3) is 0 Å². The number of anilines is 2. The number of nitrogens with one attached hydrogen (secondary N) is 1. The number of nitrogens with zero attached hydrogens (tertiary/aromatic N) is 4. The van der Waals surface area contributed by atoms with E-state index in [0.29, 0.717) is 18.9 Å². The zero-order chi connectivity index (χ0) is 17.8. The Morgan fingerprint density at radius 1 is 1.40 bits per heavy atom. The molecule has 2 aromatic rings. The summed E-state index contributed by atoms with van der Waals surface area (Å²) in [7, 11) is 0. The van der Waals surface area contributed by atoms with E-state index in [0.717, 1.165) is 30.5 Å². The molecule has 0 bridgehead atoms. The molecule has 0 spiro atoms. The number of rotatable bonds is 5. The van der Waals surface area contributed by atoms with Gasteiger partial charge in [0.15, 0.2) is 0 Å². The zero-order valence-corrected chi connectivity index (χ0v) is 13.8. The summed E-state index contributed by atoms with van der Waals surface area (Å²) in [6.07, 6.45) is 2.35. The number of nitro groups is 1. The van der Waals surface area contributed by atoms with Gasteiger partial charge < -0.3 is 15.0 Å². The molecule has 1 amide bonds. The van der Waals surface area contributed by atoms with Crippen molar-refractivity contribution in [2.24, 2.45) is 0 Å². The topological polar surface area (TPSA) is 103 Å². The van der Waals surface area contributed by atoms with Crippen molar-refractivity contribution in [3.8, 4) is 0 Å². The Kier molecular flexibility index (Phi) is 4.94. The van der Waals surface area contributed by atoms with Gasteiger partial charge in [0.25, 0.3) is 0 Å². The van der Waals surface area contributed by atoms with Crippen LogP contribution in [0.5, 0.6) is 0 Å². The summed E-state index contributed by atoms with van der Waals surface area (Å²) in [6.45, 7) is 4.98. The van der Waals surface area contributed by atoms with E-state index < -0.39 is 4.92 Å². The minimum Gasteiger partial charge on any atom is -0.378 e. The maximum Gasteiger partial charge on any atom is 0.307 e. The fourth-order valence-electron chi connectivity index (χ4n) is 2.68. The third-order valence-electron chi connectivity index (χ3n) is 4.00. The number of aryl methyl sites for hydroxylation is 1. The molecule has 2 heterocycles. The second-order valence-electron chi connectivity index (χ2n) is 5.80. The molecule has 0 saturated carbocycles. The van der Waals surface area contributed by atoms with E-state index in [1.165, 1.54) is 10.9 Å². The molecule has 1 saturated heterocycles. The molecule has 0 atom stereocenters. The van der Waals surface area contributed by atoms with Gasteiger partial charge in [-0.25, -0.2) is 0 Å². The Bertz CT molecular complexity index is 783. The number of morpholine rings is 1. The highest BCUT2D eigenvalue weighted by Gasteiger charge is 2.14. The van der Waals surface area contributed by atoms with E-state index in [1.807, 2.05) is 25.1 Å². The lowest BCUT2D eigenvalue weighted by Gasteiger charge is -2.29. The van der Waals surface area contributed by atoms with Crippen LogP contribution in [0.4, 0.5) is 17.1 Å². The number of hydrogen-bond acceptors (Lipinski definition) is 6. The van der Waals surface area contributed by atoms with Gasteiger partial charge in [0.1, 0.15) is 18.9 Å². The van der Waals surface area contributed by atoms with Gasteiger partial charge in [-0.15, -0.1) is 0 Å². The van der Waals surface area contributed by atoms with Crippen molar-refractivity contribution in [1.29, 1.82) is 0 Å². The van der Waals surface area contributed by atoms with E-state index in [2.05, 4.69) is 15.3 Å². The van der Waals surface area contributed by atoms with E-state index in [4.69, 9.17) is 4.74 Å². The lowest BCUT2D eigenvalue weighted by Crippen LogP contribution is -2.36. The minimum atomic E-state index is -0.546. The molecule has 1 aliphatic heterocycles. The van der Waals surface area contributed by atoms with Crippen molar-refractivity contribution in [2.75, 3.05) is 36.5 Å². The smallest absolute Gasteiger partial charge is 0.307 e. The predicted octanol–water partition coefficient (Wildman–Crippen LogP) is 1.58. The van der Waals surface area contributed by atoms with Gasteiger partial charge in [-0.2, -0.15) is 5.10 Å². The highest BCUT2D eigenvalue weighted by molar-refractivity contribution is 5.91. The quantitative estimate of drug-likeness (QED) is 0.652. The summed E-state index contributed by atoms with van der Waals surface area (Å²) in [5, 5.41) is 17.3. The molecule has 3 rings (SSSR count). The number of hydrogen-bond donors (Lipinski definition) is 1. The summed E-state index contributed by atoms with van der Waals surface area (Å²) >= 11 is 0. The third-order valence-corrected chi connectivity index (χ3v) is 4.00. The minimum absolute atomic E-state index is 0.0848. The lowest BCUT2D eigenvalue weighted by molar-refractivity contribution is -0.385. The van der Waals surface area contributed by atoms with Crippen LogP contribution >= 0.6 is 0 Å². The first-order valence-electron chi connectivity index (χ1n) is 7.93. The van der Waals surface area contributed by atoms with Gasteiger partial charge in [0.2, 0.25) is 5.91 Å². The molecule has 1 aromatic heterocycles.